The van der Waals surface area contributed by atoms with Crippen LogP contribution >= 0.6 is 11.6 Å². The van der Waals surface area contributed by atoms with Crippen molar-refractivity contribution in [3.63, 3.8) is 0 Å². The number of hydrogen-bond donors (Lipinski definition) is 2. The van der Waals surface area contributed by atoms with Gasteiger partial charge >= 0.3 is 0 Å². The summed E-state index contributed by atoms with van der Waals surface area (Å²) in [6.07, 6.45) is 3.50. The molecule has 2 N–H and O–H groups in total. The molecule has 3 nitrogen and oxygen atoms in total. The van der Waals surface area contributed by atoms with Gasteiger partial charge in [-0.2, -0.15) is 0 Å². The van der Waals surface area contributed by atoms with Crippen molar-refractivity contribution in [2.75, 3.05) is 11.9 Å². The van der Waals surface area contributed by atoms with Gasteiger partial charge in [0.05, 0.1) is 23.4 Å². The minimum Gasteiger partial charge on any atom is -0.394 e. The van der Waals surface area contributed by atoms with Crippen molar-refractivity contribution >= 4 is 17.3 Å². The third-order valence-electron chi connectivity index (χ3n) is 2.84. The average molecular weight is 263 g/mol. The summed E-state index contributed by atoms with van der Waals surface area (Å²) in [6, 6.07) is 9.19. The molecule has 1 aromatic heterocycles. The second kappa shape index (κ2) is 5.85. The summed E-state index contributed by atoms with van der Waals surface area (Å²) in [5, 5.41) is 13.4. The van der Waals surface area contributed by atoms with Gasteiger partial charge in [-0.05, 0) is 36.2 Å². The molecule has 0 fully saturated rings. The highest BCUT2D eigenvalue weighted by atomic mass is 35.5. The molecule has 18 heavy (non-hydrogen) atoms. The predicted molar refractivity (Wildman–Crippen MR) is 73.9 cm³/mol. The van der Waals surface area contributed by atoms with E-state index in [9.17, 15) is 5.11 Å². The van der Waals surface area contributed by atoms with E-state index in [-0.39, 0.29) is 12.6 Å². The van der Waals surface area contributed by atoms with Crippen molar-refractivity contribution < 1.29 is 5.11 Å². The standard InChI is InChI=1S/C14H15ClN2O/c1-10-6-7-16-8-11(10)14(9-18)17-13-5-3-2-4-12(13)15/h2-8,14,17-18H,9H2,1H3. The quantitative estimate of drug-likeness (QED) is 0.890. The fraction of sp³-hybridized carbons (Fsp3) is 0.214. The molecule has 1 aromatic carbocycles. The van der Waals surface area contributed by atoms with Crippen molar-refractivity contribution in [3.05, 3.63) is 58.9 Å². The molecule has 0 amide bonds. The molecule has 1 atom stereocenters. The minimum absolute atomic E-state index is 0.0161. The maximum absolute atomic E-state index is 9.52. The van der Waals surface area contributed by atoms with Gasteiger partial charge in [0.15, 0.2) is 0 Å². The molecule has 0 saturated heterocycles. The fourth-order valence-corrected chi connectivity index (χ4v) is 2.02. The van der Waals surface area contributed by atoms with Gasteiger partial charge < -0.3 is 10.4 Å². The number of hydrogen-bond acceptors (Lipinski definition) is 3. The largest absolute Gasteiger partial charge is 0.394 e. The van der Waals surface area contributed by atoms with Crippen molar-refractivity contribution in [1.82, 2.24) is 4.98 Å². The normalized spacial score (nSPS) is 12.2. The summed E-state index contributed by atoms with van der Waals surface area (Å²) in [7, 11) is 0. The zero-order valence-electron chi connectivity index (χ0n) is 10.1. The number of rotatable bonds is 4. The Morgan fingerprint density at radius 3 is 2.78 bits per heavy atom. The van der Waals surface area contributed by atoms with Crippen LogP contribution in [0.2, 0.25) is 5.02 Å². The third-order valence-corrected chi connectivity index (χ3v) is 3.17. The molecule has 0 saturated carbocycles. The van der Waals surface area contributed by atoms with Gasteiger partial charge in [-0.1, -0.05) is 23.7 Å². The summed E-state index contributed by atoms with van der Waals surface area (Å²) < 4.78 is 0. The van der Waals surface area contributed by atoms with Gasteiger partial charge in [0.25, 0.3) is 0 Å². The maximum atomic E-state index is 9.52. The van der Waals surface area contributed by atoms with E-state index >= 15 is 0 Å². The van der Waals surface area contributed by atoms with E-state index in [0.29, 0.717) is 5.02 Å². The molecule has 0 aliphatic heterocycles. The van der Waals surface area contributed by atoms with Crippen LogP contribution in [0.5, 0.6) is 0 Å². The van der Waals surface area contributed by atoms with E-state index in [1.165, 1.54) is 0 Å². The molecule has 0 aliphatic rings. The zero-order valence-corrected chi connectivity index (χ0v) is 10.9. The Hall–Kier alpha value is -1.58. The topological polar surface area (TPSA) is 45.2 Å². The van der Waals surface area contributed by atoms with Gasteiger partial charge in [-0.25, -0.2) is 0 Å². The lowest BCUT2D eigenvalue weighted by Gasteiger charge is -2.20. The number of nitrogens with zero attached hydrogens (tertiary/aromatic N) is 1. The van der Waals surface area contributed by atoms with Crippen LogP contribution in [-0.4, -0.2) is 16.7 Å². The fourth-order valence-electron chi connectivity index (χ4n) is 1.83. The number of pyridine rings is 1. The van der Waals surface area contributed by atoms with Crippen LogP contribution in [0, 0.1) is 6.92 Å². The second-order valence-electron chi connectivity index (χ2n) is 4.09. The molecule has 0 radical (unpaired) electrons. The lowest BCUT2D eigenvalue weighted by molar-refractivity contribution is 0.276. The Labute approximate surface area is 111 Å². The van der Waals surface area contributed by atoms with E-state index in [4.69, 9.17) is 11.6 Å². The molecular weight excluding hydrogens is 248 g/mol. The summed E-state index contributed by atoms with van der Waals surface area (Å²) >= 11 is 6.09. The Balaban J connectivity index is 2.26. The van der Waals surface area contributed by atoms with E-state index < -0.39 is 0 Å². The zero-order chi connectivity index (χ0) is 13.0. The number of aryl methyl sites for hydroxylation is 1. The SMILES string of the molecule is Cc1ccncc1C(CO)Nc1ccccc1Cl. The molecule has 4 heteroatoms. The number of nitrogens with one attached hydrogen (secondary N) is 1. The first-order valence-electron chi connectivity index (χ1n) is 5.75. The van der Waals surface area contributed by atoms with Crippen LogP contribution in [0.4, 0.5) is 5.69 Å². The minimum atomic E-state index is -0.210. The highest BCUT2D eigenvalue weighted by Gasteiger charge is 2.13. The van der Waals surface area contributed by atoms with E-state index in [1.54, 1.807) is 12.4 Å². The molecule has 94 valence electrons. The Morgan fingerprint density at radius 1 is 1.33 bits per heavy atom. The van der Waals surface area contributed by atoms with Crippen molar-refractivity contribution in [2.24, 2.45) is 0 Å². The number of anilines is 1. The number of halogens is 1. The molecule has 1 heterocycles. The van der Waals surface area contributed by atoms with Crippen LogP contribution in [-0.2, 0) is 0 Å². The summed E-state index contributed by atoms with van der Waals surface area (Å²) in [4.78, 5) is 4.09. The first-order valence-corrected chi connectivity index (χ1v) is 6.12. The summed E-state index contributed by atoms with van der Waals surface area (Å²) in [5.41, 5.74) is 2.87. The van der Waals surface area contributed by atoms with Crippen LogP contribution < -0.4 is 5.32 Å². The van der Waals surface area contributed by atoms with Gasteiger partial charge in [-0.15, -0.1) is 0 Å². The van der Waals surface area contributed by atoms with E-state index in [2.05, 4.69) is 10.3 Å². The van der Waals surface area contributed by atoms with Crippen LogP contribution in [0.25, 0.3) is 0 Å². The van der Waals surface area contributed by atoms with Crippen molar-refractivity contribution in [3.8, 4) is 0 Å². The molecule has 0 spiro atoms. The first-order chi connectivity index (χ1) is 8.72. The average Bonchev–Trinajstić information content (AvgIpc) is 2.39. The van der Waals surface area contributed by atoms with Gasteiger partial charge in [-0.3, -0.25) is 4.98 Å². The number of para-hydroxylation sites is 1. The van der Waals surface area contributed by atoms with Gasteiger partial charge in [0.1, 0.15) is 0 Å². The smallest absolute Gasteiger partial charge is 0.0762 e. The number of aromatic nitrogens is 1. The Bertz CT molecular complexity index is 531. The van der Waals surface area contributed by atoms with Crippen LogP contribution in [0.3, 0.4) is 0 Å². The summed E-state index contributed by atoms with van der Waals surface area (Å²) in [5.74, 6) is 0. The second-order valence-corrected chi connectivity index (χ2v) is 4.50. The monoisotopic (exact) mass is 262 g/mol. The van der Waals surface area contributed by atoms with E-state index in [1.807, 2.05) is 37.3 Å². The third kappa shape index (κ3) is 2.81. The Kier molecular flexibility index (Phi) is 4.18. The molecule has 2 aromatic rings. The number of aliphatic hydroxyl groups excluding tert-OH is 1. The first kappa shape index (κ1) is 12.9. The van der Waals surface area contributed by atoms with Gasteiger partial charge in [0, 0.05) is 12.4 Å². The highest BCUT2D eigenvalue weighted by molar-refractivity contribution is 6.33. The molecule has 0 aliphatic carbocycles. The van der Waals surface area contributed by atoms with Crippen LogP contribution in [0.15, 0.2) is 42.7 Å². The number of aliphatic hydroxyl groups is 1. The van der Waals surface area contributed by atoms with E-state index in [0.717, 1.165) is 16.8 Å². The molecular formula is C14H15ClN2O. The molecule has 1 unspecified atom stereocenters. The predicted octanol–water partition coefficient (Wildman–Crippen LogP) is 3.19. The summed E-state index contributed by atoms with van der Waals surface area (Å²) in [6.45, 7) is 1.98. The van der Waals surface area contributed by atoms with Crippen LogP contribution in [0.1, 0.15) is 17.2 Å². The molecule has 0 bridgehead atoms. The van der Waals surface area contributed by atoms with Crippen molar-refractivity contribution in [2.45, 2.75) is 13.0 Å². The maximum Gasteiger partial charge on any atom is 0.0762 e. The highest BCUT2D eigenvalue weighted by Crippen LogP contribution is 2.26. The Morgan fingerprint density at radius 2 is 2.11 bits per heavy atom. The lowest BCUT2D eigenvalue weighted by atomic mass is 10.0. The number of benzene rings is 1. The van der Waals surface area contributed by atoms with Gasteiger partial charge in [0.2, 0.25) is 0 Å². The van der Waals surface area contributed by atoms with Crippen molar-refractivity contribution in [1.29, 1.82) is 0 Å². The lowest BCUT2D eigenvalue weighted by Crippen LogP contribution is -2.16. The molecule has 2 rings (SSSR count).